The lowest BCUT2D eigenvalue weighted by atomic mass is 10.2. The molecule has 0 spiro atoms. The maximum atomic E-state index is 11.5. The van der Waals surface area contributed by atoms with Gasteiger partial charge in [-0.3, -0.25) is 4.79 Å². The number of para-hydroxylation sites is 2. The maximum Gasteiger partial charge on any atom is 0.224 e. The average Bonchev–Trinajstić information content (AvgIpc) is 2.30. The highest BCUT2D eigenvalue weighted by Gasteiger charge is 2.05. The molecule has 4 heteroatoms. The molecule has 3 nitrogen and oxygen atoms in total. The van der Waals surface area contributed by atoms with Gasteiger partial charge < -0.3 is 10.1 Å². The molecule has 16 heavy (non-hydrogen) atoms. The Balaban J connectivity index is 2.49. The van der Waals surface area contributed by atoms with Gasteiger partial charge in [0.2, 0.25) is 5.91 Å². The van der Waals surface area contributed by atoms with E-state index in [2.05, 4.69) is 5.32 Å². The summed E-state index contributed by atoms with van der Waals surface area (Å²) in [5.41, 5.74) is 0.709. The number of ether oxygens (including phenoxy) is 1. The number of rotatable bonds is 6. The lowest BCUT2D eigenvalue weighted by molar-refractivity contribution is -0.116. The molecule has 1 rings (SSSR count). The van der Waals surface area contributed by atoms with Crippen LogP contribution in [0.2, 0.25) is 0 Å². The van der Waals surface area contributed by atoms with Crippen LogP contribution >= 0.6 is 11.6 Å². The zero-order valence-corrected chi connectivity index (χ0v) is 10.1. The normalized spacial score (nSPS) is 9.88. The molecule has 88 valence electrons. The summed E-state index contributed by atoms with van der Waals surface area (Å²) in [6.07, 6.45) is 2.16. The Morgan fingerprint density at radius 3 is 2.81 bits per heavy atom. The first-order valence-electron chi connectivity index (χ1n) is 5.26. The number of methoxy groups -OCH3 is 1. The molecule has 1 aromatic rings. The highest BCUT2D eigenvalue weighted by atomic mass is 35.5. The zero-order valence-electron chi connectivity index (χ0n) is 9.33. The number of carbonyl (C=O) groups excluding carboxylic acids is 1. The summed E-state index contributed by atoms with van der Waals surface area (Å²) in [6.45, 7) is 0. The number of benzene rings is 1. The quantitative estimate of drug-likeness (QED) is 0.614. The first-order valence-corrected chi connectivity index (χ1v) is 5.80. The molecular formula is C12H16ClNO2. The van der Waals surface area contributed by atoms with E-state index < -0.39 is 0 Å². The summed E-state index contributed by atoms with van der Waals surface area (Å²) < 4.78 is 5.14. The van der Waals surface area contributed by atoms with Gasteiger partial charge in [0, 0.05) is 12.3 Å². The summed E-state index contributed by atoms with van der Waals surface area (Å²) in [5, 5.41) is 2.81. The molecule has 0 heterocycles. The Morgan fingerprint density at radius 1 is 1.38 bits per heavy atom. The van der Waals surface area contributed by atoms with Crippen LogP contribution in [0.25, 0.3) is 0 Å². The standard InChI is InChI=1S/C12H16ClNO2/c1-16-11-7-3-2-6-10(11)14-12(15)8-4-5-9-13/h2-3,6-7H,4-5,8-9H2,1H3,(H,14,15). The van der Waals surface area contributed by atoms with Crippen LogP contribution < -0.4 is 10.1 Å². The van der Waals surface area contributed by atoms with Crippen LogP contribution in [0.15, 0.2) is 24.3 Å². The summed E-state index contributed by atoms with van der Waals surface area (Å²) >= 11 is 5.54. The fraction of sp³-hybridized carbons (Fsp3) is 0.417. The minimum Gasteiger partial charge on any atom is -0.495 e. The number of anilines is 1. The van der Waals surface area contributed by atoms with Crippen LogP contribution in [0, 0.1) is 0 Å². The Hall–Kier alpha value is -1.22. The van der Waals surface area contributed by atoms with E-state index in [9.17, 15) is 4.79 Å². The van der Waals surface area contributed by atoms with Crippen molar-refractivity contribution in [1.29, 1.82) is 0 Å². The number of alkyl halides is 1. The smallest absolute Gasteiger partial charge is 0.224 e. The Morgan fingerprint density at radius 2 is 2.12 bits per heavy atom. The molecule has 0 aliphatic heterocycles. The van der Waals surface area contributed by atoms with Crippen molar-refractivity contribution in [2.75, 3.05) is 18.3 Å². The van der Waals surface area contributed by atoms with E-state index in [1.54, 1.807) is 7.11 Å². The van der Waals surface area contributed by atoms with Crippen molar-refractivity contribution in [3.05, 3.63) is 24.3 Å². The number of amides is 1. The van der Waals surface area contributed by atoms with Crippen molar-refractivity contribution in [3.63, 3.8) is 0 Å². The number of hydrogen-bond donors (Lipinski definition) is 1. The van der Waals surface area contributed by atoms with Crippen molar-refractivity contribution in [3.8, 4) is 5.75 Å². The molecule has 0 saturated carbocycles. The first-order chi connectivity index (χ1) is 7.77. The van der Waals surface area contributed by atoms with Gasteiger partial charge in [-0.2, -0.15) is 0 Å². The van der Waals surface area contributed by atoms with E-state index >= 15 is 0 Å². The fourth-order valence-corrected chi connectivity index (χ4v) is 1.53. The van der Waals surface area contributed by atoms with Gasteiger partial charge in [-0.1, -0.05) is 12.1 Å². The topological polar surface area (TPSA) is 38.3 Å². The lowest BCUT2D eigenvalue weighted by Crippen LogP contribution is -2.11. The molecule has 0 fully saturated rings. The second-order valence-electron chi connectivity index (χ2n) is 3.39. The van der Waals surface area contributed by atoms with Crippen LogP contribution in [0.5, 0.6) is 5.75 Å². The molecule has 0 radical (unpaired) electrons. The van der Waals surface area contributed by atoms with Crippen LogP contribution in [-0.2, 0) is 4.79 Å². The van der Waals surface area contributed by atoms with Gasteiger partial charge in [0.15, 0.2) is 0 Å². The third-order valence-corrected chi connectivity index (χ3v) is 2.44. The molecular weight excluding hydrogens is 226 g/mol. The van der Waals surface area contributed by atoms with Crippen molar-refractivity contribution >= 4 is 23.2 Å². The SMILES string of the molecule is COc1ccccc1NC(=O)CCCCCl. The summed E-state index contributed by atoms with van der Waals surface area (Å²) in [5.74, 6) is 1.27. The summed E-state index contributed by atoms with van der Waals surface area (Å²) in [4.78, 5) is 11.5. The van der Waals surface area contributed by atoms with Crippen LogP contribution in [0.4, 0.5) is 5.69 Å². The summed E-state index contributed by atoms with van der Waals surface area (Å²) in [6, 6.07) is 7.35. The number of nitrogens with one attached hydrogen (secondary N) is 1. The van der Waals surface area contributed by atoms with Crippen molar-refractivity contribution in [2.24, 2.45) is 0 Å². The molecule has 1 aromatic carbocycles. The van der Waals surface area contributed by atoms with Crippen LogP contribution in [-0.4, -0.2) is 18.9 Å². The van der Waals surface area contributed by atoms with Crippen LogP contribution in [0.3, 0.4) is 0 Å². The molecule has 1 amide bonds. The third-order valence-electron chi connectivity index (χ3n) is 2.17. The number of hydrogen-bond acceptors (Lipinski definition) is 2. The molecule has 0 aliphatic rings. The molecule has 0 saturated heterocycles. The van der Waals surface area contributed by atoms with Gasteiger partial charge in [0.05, 0.1) is 12.8 Å². The van der Waals surface area contributed by atoms with Gasteiger partial charge in [-0.05, 0) is 25.0 Å². The Bertz CT molecular complexity index is 342. The van der Waals surface area contributed by atoms with E-state index in [1.165, 1.54) is 0 Å². The third kappa shape index (κ3) is 4.11. The highest BCUT2D eigenvalue weighted by molar-refractivity contribution is 6.17. The lowest BCUT2D eigenvalue weighted by Gasteiger charge is -2.09. The zero-order chi connectivity index (χ0) is 11.8. The molecule has 1 N–H and O–H groups in total. The highest BCUT2D eigenvalue weighted by Crippen LogP contribution is 2.23. The van der Waals surface area contributed by atoms with E-state index in [-0.39, 0.29) is 5.91 Å². The van der Waals surface area contributed by atoms with Gasteiger partial charge in [-0.25, -0.2) is 0 Å². The van der Waals surface area contributed by atoms with Gasteiger partial charge in [-0.15, -0.1) is 11.6 Å². The molecule has 0 atom stereocenters. The van der Waals surface area contributed by atoms with E-state index in [4.69, 9.17) is 16.3 Å². The largest absolute Gasteiger partial charge is 0.495 e. The van der Waals surface area contributed by atoms with E-state index in [1.807, 2.05) is 24.3 Å². The predicted molar refractivity (Wildman–Crippen MR) is 66.2 cm³/mol. The molecule has 0 bridgehead atoms. The van der Waals surface area contributed by atoms with E-state index in [0.717, 1.165) is 12.8 Å². The average molecular weight is 242 g/mol. The summed E-state index contributed by atoms with van der Waals surface area (Å²) in [7, 11) is 1.58. The number of unbranched alkanes of at least 4 members (excludes halogenated alkanes) is 1. The minimum atomic E-state index is -0.00498. The number of halogens is 1. The Kier molecular flexibility index (Phi) is 5.72. The maximum absolute atomic E-state index is 11.5. The first kappa shape index (κ1) is 12.8. The predicted octanol–water partition coefficient (Wildman–Crippen LogP) is 3.04. The molecule has 0 aliphatic carbocycles. The van der Waals surface area contributed by atoms with Gasteiger partial charge in [0.25, 0.3) is 0 Å². The van der Waals surface area contributed by atoms with E-state index in [0.29, 0.717) is 23.7 Å². The van der Waals surface area contributed by atoms with Crippen molar-refractivity contribution in [2.45, 2.75) is 19.3 Å². The Labute approximate surface area is 101 Å². The monoisotopic (exact) mass is 241 g/mol. The molecule has 0 unspecified atom stereocenters. The van der Waals surface area contributed by atoms with Crippen molar-refractivity contribution in [1.82, 2.24) is 0 Å². The second kappa shape index (κ2) is 7.12. The minimum absolute atomic E-state index is 0.00498. The van der Waals surface area contributed by atoms with Gasteiger partial charge in [0.1, 0.15) is 5.75 Å². The number of carbonyl (C=O) groups is 1. The fourth-order valence-electron chi connectivity index (χ4n) is 1.34. The van der Waals surface area contributed by atoms with Crippen molar-refractivity contribution < 1.29 is 9.53 Å². The van der Waals surface area contributed by atoms with Gasteiger partial charge >= 0.3 is 0 Å². The molecule has 0 aromatic heterocycles. The van der Waals surface area contributed by atoms with Crippen LogP contribution in [0.1, 0.15) is 19.3 Å². The second-order valence-corrected chi connectivity index (χ2v) is 3.77.